The lowest BCUT2D eigenvalue weighted by molar-refractivity contribution is -0.108. The molecule has 114 valence electrons. The van der Waals surface area contributed by atoms with Gasteiger partial charge >= 0.3 is 0 Å². The van der Waals surface area contributed by atoms with E-state index in [2.05, 4.69) is 56.3 Å². The van der Waals surface area contributed by atoms with E-state index in [1.165, 1.54) is 18.4 Å². The molecule has 0 heterocycles. The van der Waals surface area contributed by atoms with Crippen molar-refractivity contribution in [3.05, 3.63) is 65.2 Å². The number of carbonyl (C=O) groups is 1. The number of hydrogen-bond donors (Lipinski definition) is 0. The lowest BCUT2D eigenvalue weighted by atomic mass is 9.85. The van der Waals surface area contributed by atoms with Crippen LogP contribution in [0.1, 0.15) is 42.4 Å². The molecule has 0 saturated heterocycles. The molecule has 0 atom stereocenters. The molecule has 1 fully saturated rings. The van der Waals surface area contributed by atoms with Crippen molar-refractivity contribution in [3.63, 3.8) is 0 Å². The van der Waals surface area contributed by atoms with Crippen LogP contribution in [-0.2, 0) is 10.3 Å². The standard InChI is InChI=1S/C20H23NO/c1-16-9-8-10-17(2)19(16)21(15-22)20(13-6-7-14-20)18-11-4-3-5-12-18/h3-5,8-12,15H,6-7,13-14H2,1-2H3. The molecule has 0 aliphatic heterocycles. The summed E-state index contributed by atoms with van der Waals surface area (Å²) in [6, 6.07) is 16.7. The van der Waals surface area contributed by atoms with E-state index < -0.39 is 0 Å². The van der Waals surface area contributed by atoms with Gasteiger partial charge in [0.25, 0.3) is 0 Å². The van der Waals surface area contributed by atoms with Crippen molar-refractivity contribution in [1.29, 1.82) is 0 Å². The van der Waals surface area contributed by atoms with Crippen molar-refractivity contribution < 1.29 is 4.79 Å². The van der Waals surface area contributed by atoms with E-state index in [1.807, 2.05) is 11.0 Å². The lowest BCUT2D eigenvalue weighted by Crippen LogP contribution is -2.44. The van der Waals surface area contributed by atoms with Crippen LogP contribution >= 0.6 is 0 Å². The molecule has 0 bridgehead atoms. The van der Waals surface area contributed by atoms with Crippen LogP contribution in [0, 0.1) is 13.8 Å². The van der Waals surface area contributed by atoms with E-state index >= 15 is 0 Å². The number of para-hydroxylation sites is 1. The highest BCUT2D eigenvalue weighted by atomic mass is 16.1. The Morgan fingerprint density at radius 2 is 1.50 bits per heavy atom. The third kappa shape index (κ3) is 2.33. The quantitative estimate of drug-likeness (QED) is 0.746. The number of rotatable bonds is 4. The first-order valence-corrected chi connectivity index (χ1v) is 8.05. The van der Waals surface area contributed by atoms with E-state index in [-0.39, 0.29) is 5.54 Å². The van der Waals surface area contributed by atoms with Crippen LogP contribution in [0.3, 0.4) is 0 Å². The highest BCUT2D eigenvalue weighted by Crippen LogP contribution is 2.46. The fraction of sp³-hybridized carbons (Fsp3) is 0.350. The third-order valence-corrected chi connectivity index (χ3v) is 4.99. The first-order valence-electron chi connectivity index (χ1n) is 8.05. The molecule has 2 heteroatoms. The van der Waals surface area contributed by atoms with Gasteiger partial charge in [-0.05, 0) is 43.4 Å². The van der Waals surface area contributed by atoms with Crippen molar-refractivity contribution >= 4 is 12.1 Å². The van der Waals surface area contributed by atoms with E-state index in [1.54, 1.807) is 0 Å². The van der Waals surface area contributed by atoms with Crippen LogP contribution in [-0.4, -0.2) is 6.41 Å². The van der Waals surface area contributed by atoms with Crippen molar-refractivity contribution in [3.8, 4) is 0 Å². The number of aryl methyl sites for hydroxylation is 2. The Balaban J connectivity index is 2.17. The van der Waals surface area contributed by atoms with Crippen molar-refractivity contribution in [2.75, 3.05) is 4.90 Å². The third-order valence-electron chi connectivity index (χ3n) is 4.99. The molecule has 3 rings (SSSR count). The molecule has 2 nitrogen and oxygen atoms in total. The fourth-order valence-electron chi connectivity index (χ4n) is 3.93. The molecule has 22 heavy (non-hydrogen) atoms. The van der Waals surface area contributed by atoms with Crippen molar-refractivity contribution in [2.24, 2.45) is 0 Å². The maximum absolute atomic E-state index is 12.1. The second-order valence-corrected chi connectivity index (χ2v) is 6.32. The molecule has 0 radical (unpaired) electrons. The molecule has 0 aromatic heterocycles. The average molecular weight is 293 g/mol. The molecule has 1 aliphatic carbocycles. The predicted molar refractivity (Wildman–Crippen MR) is 91.0 cm³/mol. The minimum Gasteiger partial charge on any atom is -0.304 e. The van der Waals surface area contributed by atoms with E-state index in [4.69, 9.17) is 0 Å². The molecule has 0 spiro atoms. The van der Waals surface area contributed by atoms with Crippen LogP contribution in [0.2, 0.25) is 0 Å². The first kappa shape index (κ1) is 14.8. The Labute approximate surface area is 132 Å². The Kier molecular flexibility index (Phi) is 4.02. The Hall–Kier alpha value is -2.09. The molecule has 0 N–H and O–H groups in total. The van der Waals surface area contributed by atoms with Crippen LogP contribution in [0.25, 0.3) is 0 Å². The van der Waals surface area contributed by atoms with Crippen molar-refractivity contribution in [1.82, 2.24) is 0 Å². The lowest BCUT2D eigenvalue weighted by Gasteiger charge is -2.41. The van der Waals surface area contributed by atoms with Gasteiger partial charge in [0, 0.05) is 0 Å². The summed E-state index contributed by atoms with van der Waals surface area (Å²) in [5.41, 5.74) is 4.45. The summed E-state index contributed by atoms with van der Waals surface area (Å²) in [6.45, 7) is 4.18. The molecule has 1 saturated carbocycles. The predicted octanol–water partition coefficient (Wildman–Crippen LogP) is 4.74. The molecular weight excluding hydrogens is 270 g/mol. The zero-order valence-electron chi connectivity index (χ0n) is 13.4. The summed E-state index contributed by atoms with van der Waals surface area (Å²) in [6.07, 6.45) is 5.44. The number of nitrogens with zero attached hydrogens (tertiary/aromatic N) is 1. The fourth-order valence-corrected chi connectivity index (χ4v) is 3.93. The van der Waals surface area contributed by atoms with Gasteiger partial charge < -0.3 is 4.90 Å². The smallest absolute Gasteiger partial charge is 0.214 e. The summed E-state index contributed by atoms with van der Waals surface area (Å²) >= 11 is 0. The van der Waals surface area contributed by atoms with E-state index in [9.17, 15) is 4.79 Å². The maximum atomic E-state index is 12.1. The van der Waals surface area contributed by atoms with Gasteiger partial charge in [-0.3, -0.25) is 4.79 Å². The van der Waals surface area contributed by atoms with Gasteiger partial charge in [0.05, 0.1) is 11.2 Å². The number of carbonyl (C=O) groups excluding carboxylic acids is 1. The Bertz CT molecular complexity index is 636. The first-order chi connectivity index (χ1) is 10.7. The molecule has 2 aromatic carbocycles. The SMILES string of the molecule is Cc1cccc(C)c1N(C=O)C1(c2ccccc2)CCCC1. The van der Waals surface area contributed by atoms with E-state index in [0.29, 0.717) is 0 Å². The van der Waals surface area contributed by atoms with Gasteiger partial charge in [-0.1, -0.05) is 61.4 Å². The largest absolute Gasteiger partial charge is 0.304 e. The number of hydrogen-bond acceptors (Lipinski definition) is 1. The Morgan fingerprint density at radius 3 is 2.05 bits per heavy atom. The molecule has 1 amide bonds. The highest BCUT2D eigenvalue weighted by Gasteiger charge is 2.42. The Morgan fingerprint density at radius 1 is 0.909 bits per heavy atom. The highest BCUT2D eigenvalue weighted by molar-refractivity contribution is 5.81. The number of benzene rings is 2. The van der Waals surface area contributed by atoms with Gasteiger partial charge in [0.15, 0.2) is 0 Å². The van der Waals surface area contributed by atoms with E-state index in [0.717, 1.165) is 36.1 Å². The molecule has 1 aliphatic rings. The normalized spacial score (nSPS) is 16.5. The zero-order valence-corrected chi connectivity index (χ0v) is 13.4. The zero-order chi connectivity index (χ0) is 15.6. The van der Waals surface area contributed by atoms with Crippen molar-refractivity contribution in [2.45, 2.75) is 45.1 Å². The minimum absolute atomic E-state index is 0.195. The van der Waals surface area contributed by atoms with Crippen LogP contribution < -0.4 is 4.90 Å². The van der Waals surface area contributed by atoms with Gasteiger partial charge in [0.1, 0.15) is 0 Å². The van der Waals surface area contributed by atoms with Gasteiger partial charge in [-0.2, -0.15) is 0 Å². The number of anilines is 1. The second kappa shape index (κ2) is 5.96. The summed E-state index contributed by atoms with van der Waals surface area (Å²) in [5, 5.41) is 0. The molecule has 0 unspecified atom stereocenters. The molecular formula is C20H23NO. The summed E-state index contributed by atoms with van der Waals surface area (Å²) in [4.78, 5) is 14.1. The van der Waals surface area contributed by atoms with Crippen LogP contribution in [0.5, 0.6) is 0 Å². The summed E-state index contributed by atoms with van der Waals surface area (Å²) in [5.74, 6) is 0. The summed E-state index contributed by atoms with van der Waals surface area (Å²) < 4.78 is 0. The summed E-state index contributed by atoms with van der Waals surface area (Å²) in [7, 11) is 0. The average Bonchev–Trinajstić information content (AvgIpc) is 3.02. The van der Waals surface area contributed by atoms with Gasteiger partial charge in [-0.25, -0.2) is 0 Å². The minimum atomic E-state index is -0.195. The molecule has 2 aromatic rings. The van der Waals surface area contributed by atoms with Crippen LogP contribution in [0.15, 0.2) is 48.5 Å². The second-order valence-electron chi connectivity index (χ2n) is 6.32. The topological polar surface area (TPSA) is 20.3 Å². The number of amides is 1. The van der Waals surface area contributed by atoms with Gasteiger partial charge in [0.2, 0.25) is 6.41 Å². The maximum Gasteiger partial charge on any atom is 0.214 e. The van der Waals surface area contributed by atoms with Gasteiger partial charge in [-0.15, -0.1) is 0 Å². The monoisotopic (exact) mass is 293 g/mol. The van der Waals surface area contributed by atoms with Crippen LogP contribution in [0.4, 0.5) is 5.69 Å².